The maximum absolute atomic E-state index is 13.6. The zero-order chi connectivity index (χ0) is 25.3. The number of carbonyl (C=O) groups is 4. The third kappa shape index (κ3) is 5.76. The zero-order valence-electron chi connectivity index (χ0n) is 21.0. The van der Waals surface area contributed by atoms with Crippen LogP contribution in [0.25, 0.3) is 0 Å². The van der Waals surface area contributed by atoms with Crippen molar-refractivity contribution in [3.63, 3.8) is 0 Å². The number of urea groups is 1. The van der Waals surface area contributed by atoms with Gasteiger partial charge in [-0.3, -0.25) is 19.1 Å². The quantitative estimate of drug-likeness (QED) is 0.487. The van der Waals surface area contributed by atoms with Crippen LogP contribution in [-0.2, 0) is 21.4 Å². The van der Waals surface area contributed by atoms with Gasteiger partial charge in [0.15, 0.2) is 0 Å². The van der Waals surface area contributed by atoms with Crippen molar-refractivity contribution in [3.8, 4) is 0 Å². The van der Waals surface area contributed by atoms with Crippen molar-refractivity contribution in [2.45, 2.75) is 76.0 Å². The monoisotopic (exact) mass is 487 g/mol. The Kier molecular flexibility index (Phi) is 7.32. The molecule has 3 N–H and O–H groups in total. The molecule has 11 nitrogen and oxygen atoms in total. The van der Waals surface area contributed by atoms with Gasteiger partial charge in [-0.05, 0) is 37.7 Å². The number of carbonyl (C=O) groups excluding carboxylic acids is 4. The first-order chi connectivity index (χ1) is 16.6. The third-order valence-corrected chi connectivity index (χ3v) is 7.22. The normalized spacial score (nSPS) is 25.2. The van der Waals surface area contributed by atoms with Crippen molar-refractivity contribution in [1.29, 1.82) is 0 Å². The maximum atomic E-state index is 13.6. The summed E-state index contributed by atoms with van der Waals surface area (Å²) < 4.78 is 1.76. The summed E-state index contributed by atoms with van der Waals surface area (Å²) in [5, 5.41) is 13.2. The summed E-state index contributed by atoms with van der Waals surface area (Å²) in [5.41, 5.74) is 0.918. The largest absolute Gasteiger partial charge is 0.349 e. The van der Waals surface area contributed by atoms with Crippen molar-refractivity contribution in [2.24, 2.45) is 13.0 Å². The van der Waals surface area contributed by atoms with Crippen LogP contribution in [-0.4, -0.2) is 87.6 Å². The highest BCUT2D eigenvalue weighted by atomic mass is 16.2. The maximum Gasteiger partial charge on any atom is 0.315 e. The van der Waals surface area contributed by atoms with Gasteiger partial charge in [-0.15, -0.1) is 0 Å². The van der Waals surface area contributed by atoms with Gasteiger partial charge in [-0.1, -0.05) is 13.8 Å². The van der Waals surface area contributed by atoms with Crippen LogP contribution in [0.3, 0.4) is 0 Å². The van der Waals surface area contributed by atoms with Crippen LogP contribution >= 0.6 is 0 Å². The number of nitrogens with zero attached hydrogens (tertiary/aromatic N) is 4. The molecule has 1 unspecified atom stereocenters. The number of hydrogen-bond donors (Lipinski definition) is 3. The van der Waals surface area contributed by atoms with Crippen molar-refractivity contribution >= 4 is 23.8 Å². The lowest BCUT2D eigenvalue weighted by atomic mass is 9.99. The summed E-state index contributed by atoms with van der Waals surface area (Å²) in [6.07, 6.45) is 5.02. The molecule has 2 saturated heterocycles. The van der Waals surface area contributed by atoms with Crippen LogP contribution in [0, 0.1) is 5.92 Å². The van der Waals surface area contributed by atoms with E-state index in [-0.39, 0.29) is 47.7 Å². The second-order valence-corrected chi connectivity index (χ2v) is 10.5. The molecule has 1 aromatic rings. The second kappa shape index (κ2) is 10.2. The smallest absolute Gasteiger partial charge is 0.315 e. The number of nitrogens with one attached hydrogen (secondary N) is 3. The molecule has 192 valence electrons. The van der Waals surface area contributed by atoms with Gasteiger partial charge in [0.2, 0.25) is 17.7 Å². The fourth-order valence-electron chi connectivity index (χ4n) is 5.09. The molecular formula is C24H37N7O4. The lowest BCUT2D eigenvalue weighted by Gasteiger charge is -2.26. The van der Waals surface area contributed by atoms with Crippen LogP contribution < -0.4 is 16.0 Å². The molecule has 1 saturated carbocycles. The molecule has 2 aliphatic heterocycles. The molecule has 3 aliphatic rings. The summed E-state index contributed by atoms with van der Waals surface area (Å²) in [6.45, 7) is 4.77. The van der Waals surface area contributed by atoms with E-state index in [0.717, 1.165) is 18.5 Å². The lowest BCUT2D eigenvalue weighted by Crippen LogP contribution is -2.52. The Labute approximate surface area is 206 Å². The summed E-state index contributed by atoms with van der Waals surface area (Å²) in [4.78, 5) is 54.2. The number of amides is 5. The molecule has 35 heavy (non-hydrogen) atoms. The molecule has 0 aromatic carbocycles. The average molecular weight is 488 g/mol. The number of likely N-dealkylation sites (tertiary alicyclic amines) is 2. The number of likely N-dealkylation sites (N-methyl/N-ethyl adjacent to an activating group) is 1. The molecule has 0 radical (unpaired) electrons. The van der Waals surface area contributed by atoms with Gasteiger partial charge in [0.1, 0.15) is 12.1 Å². The molecular weight excluding hydrogens is 450 g/mol. The van der Waals surface area contributed by atoms with Gasteiger partial charge in [0.05, 0.1) is 6.04 Å². The summed E-state index contributed by atoms with van der Waals surface area (Å²) in [7, 11) is 3.49. The highest BCUT2D eigenvalue weighted by Gasteiger charge is 2.42. The number of rotatable bonds is 8. The summed E-state index contributed by atoms with van der Waals surface area (Å²) in [5.74, 6) is -0.333. The van der Waals surface area contributed by atoms with Crippen LogP contribution in [0.1, 0.15) is 57.6 Å². The molecule has 1 aliphatic carbocycles. The first-order valence-electron chi connectivity index (χ1n) is 12.5. The van der Waals surface area contributed by atoms with Crippen molar-refractivity contribution in [1.82, 2.24) is 35.5 Å². The molecule has 1 aromatic heterocycles. The minimum atomic E-state index is -0.644. The Balaban J connectivity index is 1.49. The Bertz CT molecular complexity index is 973. The van der Waals surface area contributed by atoms with E-state index in [0.29, 0.717) is 32.4 Å². The number of aromatic nitrogens is 2. The topological polar surface area (TPSA) is 129 Å². The van der Waals surface area contributed by atoms with Crippen LogP contribution in [0.5, 0.6) is 0 Å². The number of aryl methyl sites for hydroxylation is 1. The first kappa shape index (κ1) is 25.0. The first-order valence-corrected chi connectivity index (χ1v) is 12.5. The van der Waals surface area contributed by atoms with E-state index in [4.69, 9.17) is 0 Å². The van der Waals surface area contributed by atoms with Crippen LogP contribution in [0.15, 0.2) is 12.3 Å². The van der Waals surface area contributed by atoms with Gasteiger partial charge >= 0.3 is 6.03 Å². The van der Waals surface area contributed by atoms with Crippen molar-refractivity contribution in [2.75, 3.05) is 20.1 Å². The van der Waals surface area contributed by atoms with E-state index >= 15 is 0 Å². The van der Waals surface area contributed by atoms with Crippen LogP contribution in [0.2, 0.25) is 0 Å². The van der Waals surface area contributed by atoms with Gasteiger partial charge in [-0.25, -0.2) is 4.79 Å². The van der Waals surface area contributed by atoms with Gasteiger partial charge in [0, 0.05) is 57.5 Å². The SMILES string of the molecule is CC(C)CC(NC(=O)NC1CC1)C(=O)N1C[C@@H](NC(=O)[C@H]2CCC(=O)N2C)[C@H](c2ccnn2C)C1. The molecule has 5 amide bonds. The number of hydrogen-bond acceptors (Lipinski definition) is 5. The third-order valence-electron chi connectivity index (χ3n) is 7.22. The Hall–Kier alpha value is -3.11. The van der Waals surface area contributed by atoms with E-state index in [2.05, 4.69) is 21.0 Å². The van der Waals surface area contributed by atoms with E-state index in [1.165, 1.54) is 4.90 Å². The molecule has 4 rings (SSSR count). The van der Waals surface area contributed by atoms with Crippen molar-refractivity contribution in [3.05, 3.63) is 18.0 Å². The lowest BCUT2D eigenvalue weighted by molar-refractivity contribution is -0.134. The zero-order valence-corrected chi connectivity index (χ0v) is 21.0. The standard InChI is InChI=1S/C24H37N7O4/c1-14(2)11-17(28-24(35)26-15-5-6-15)23(34)31-12-16(19-9-10-25-30(19)4)18(13-31)27-22(33)20-7-8-21(32)29(20)3/h9-10,14-18,20H,5-8,11-13H2,1-4H3,(H,27,33)(H2,26,28,35)/t16-,17?,18-,20-/m1/s1. The van der Waals surface area contributed by atoms with E-state index < -0.39 is 12.1 Å². The summed E-state index contributed by atoms with van der Waals surface area (Å²) >= 11 is 0. The average Bonchev–Trinajstić information content (AvgIpc) is 3.18. The molecule has 4 atom stereocenters. The predicted octanol–water partition coefficient (Wildman–Crippen LogP) is 0.328. The second-order valence-electron chi connectivity index (χ2n) is 10.5. The molecule has 3 heterocycles. The van der Waals surface area contributed by atoms with Crippen molar-refractivity contribution < 1.29 is 19.2 Å². The minimum Gasteiger partial charge on any atom is -0.349 e. The van der Waals surface area contributed by atoms with E-state index in [1.807, 2.05) is 27.0 Å². The highest BCUT2D eigenvalue weighted by molar-refractivity contribution is 5.91. The van der Waals surface area contributed by atoms with Crippen LogP contribution in [0.4, 0.5) is 4.79 Å². The Morgan fingerprint density at radius 3 is 2.43 bits per heavy atom. The Morgan fingerprint density at radius 1 is 1.11 bits per heavy atom. The predicted molar refractivity (Wildman–Crippen MR) is 128 cm³/mol. The molecule has 0 spiro atoms. The molecule has 11 heteroatoms. The minimum absolute atomic E-state index is 0.0383. The molecule has 3 fully saturated rings. The van der Waals surface area contributed by atoms with Gasteiger partial charge < -0.3 is 25.8 Å². The van der Waals surface area contributed by atoms with E-state index in [9.17, 15) is 19.2 Å². The fraction of sp³-hybridized carbons (Fsp3) is 0.708. The molecule has 0 bridgehead atoms. The highest BCUT2D eigenvalue weighted by Crippen LogP contribution is 2.29. The fourth-order valence-corrected chi connectivity index (χ4v) is 5.09. The van der Waals surface area contributed by atoms with Gasteiger partial charge in [0.25, 0.3) is 0 Å². The van der Waals surface area contributed by atoms with E-state index in [1.54, 1.807) is 22.8 Å². The van der Waals surface area contributed by atoms with Gasteiger partial charge in [-0.2, -0.15) is 5.10 Å². The summed E-state index contributed by atoms with van der Waals surface area (Å²) in [6, 6.07) is 0.315. The Morgan fingerprint density at radius 2 is 1.86 bits per heavy atom.